The van der Waals surface area contributed by atoms with Gasteiger partial charge < -0.3 is 16.0 Å². The third-order valence-corrected chi connectivity index (χ3v) is 3.79. The van der Waals surface area contributed by atoms with E-state index in [1.165, 1.54) is 18.2 Å². The van der Waals surface area contributed by atoms with Crippen LogP contribution in [-0.4, -0.2) is 16.9 Å². The van der Waals surface area contributed by atoms with Crippen LogP contribution >= 0.6 is 0 Å². The molecule has 1 aromatic heterocycles. The SMILES string of the molecule is Cc1ccc(C(C)NC(=O)Nc2ccc(F)c(NC(=O)C(C)C)c2)cn1. The smallest absolute Gasteiger partial charge is 0.319 e. The molecule has 1 heterocycles. The van der Waals surface area contributed by atoms with Crippen LogP contribution in [0.25, 0.3) is 0 Å². The number of aryl methyl sites for hydroxylation is 1. The van der Waals surface area contributed by atoms with E-state index in [-0.39, 0.29) is 23.6 Å². The molecule has 0 spiro atoms. The molecule has 1 atom stereocenters. The summed E-state index contributed by atoms with van der Waals surface area (Å²) < 4.78 is 13.8. The summed E-state index contributed by atoms with van der Waals surface area (Å²) >= 11 is 0. The van der Waals surface area contributed by atoms with Crippen molar-refractivity contribution in [3.63, 3.8) is 0 Å². The van der Waals surface area contributed by atoms with Crippen molar-refractivity contribution in [2.45, 2.75) is 33.7 Å². The second-order valence-corrected chi connectivity index (χ2v) is 6.39. The normalized spacial score (nSPS) is 11.8. The van der Waals surface area contributed by atoms with Crippen LogP contribution in [0.4, 0.5) is 20.6 Å². The van der Waals surface area contributed by atoms with Crippen LogP contribution in [0.2, 0.25) is 0 Å². The largest absolute Gasteiger partial charge is 0.331 e. The molecule has 0 fully saturated rings. The Bertz CT molecular complexity index is 791. The lowest BCUT2D eigenvalue weighted by Crippen LogP contribution is -2.31. The molecule has 0 saturated carbocycles. The number of amides is 3. The Hall–Kier alpha value is -2.96. The minimum Gasteiger partial charge on any atom is -0.331 e. The van der Waals surface area contributed by atoms with Crippen molar-refractivity contribution in [3.05, 3.63) is 53.6 Å². The van der Waals surface area contributed by atoms with Gasteiger partial charge in [-0.3, -0.25) is 9.78 Å². The van der Waals surface area contributed by atoms with Crippen molar-refractivity contribution in [1.82, 2.24) is 10.3 Å². The summed E-state index contributed by atoms with van der Waals surface area (Å²) in [5, 5.41) is 7.92. The number of carbonyl (C=O) groups is 2. The van der Waals surface area contributed by atoms with Gasteiger partial charge in [0.1, 0.15) is 5.82 Å². The first kappa shape index (κ1) is 19.4. The van der Waals surface area contributed by atoms with Gasteiger partial charge in [0.05, 0.1) is 11.7 Å². The fraction of sp³-hybridized carbons (Fsp3) is 0.316. The number of urea groups is 1. The van der Waals surface area contributed by atoms with Gasteiger partial charge in [-0.2, -0.15) is 0 Å². The quantitative estimate of drug-likeness (QED) is 0.755. The van der Waals surface area contributed by atoms with Gasteiger partial charge >= 0.3 is 6.03 Å². The molecule has 26 heavy (non-hydrogen) atoms. The minimum atomic E-state index is -0.566. The van der Waals surface area contributed by atoms with E-state index in [0.717, 1.165) is 11.3 Å². The highest BCUT2D eigenvalue weighted by Crippen LogP contribution is 2.20. The molecule has 2 rings (SSSR count). The van der Waals surface area contributed by atoms with E-state index in [2.05, 4.69) is 20.9 Å². The highest BCUT2D eigenvalue weighted by molar-refractivity contribution is 5.94. The monoisotopic (exact) mass is 358 g/mol. The van der Waals surface area contributed by atoms with Gasteiger partial charge in [-0.05, 0) is 43.7 Å². The summed E-state index contributed by atoms with van der Waals surface area (Å²) in [6.07, 6.45) is 1.71. The molecule has 0 aliphatic carbocycles. The number of hydrogen-bond donors (Lipinski definition) is 3. The number of aromatic nitrogens is 1. The molecule has 1 aromatic carbocycles. The third-order valence-electron chi connectivity index (χ3n) is 3.79. The van der Waals surface area contributed by atoms with Gasteiger partial charge in [-0.15, -0.1) is 0 Å². The van der Waals surface area contributed by atoms with E-state index >= 15 is 0 Å². The molecule has 0 aliphatic rings. The Morgan fingerprint density at radius 3 is 2.42 bits per heavy atom. The molecule has 2 aromatic rings. The Balaban J connectivity index is 2.02. The molecule has 6 nitrogen and oxygen atoms in total. The number of nitrogens with zero attached hydrogens (tertiary/aromatic N) is 1. The summed E-state index contributed by atoms with van der Waals surface area (Å²) in [7, 11) is 0. The molecule has 7 heteroatoms. The Morgan fingerprint density at radius 1 is 1.08 bits per heavy atom. The highest BCUT2D eigenvalue weighted by Gasteiger charge is 2.13. The Kier molecular flexibility index (Phi) is 6.27. The lowest BCUT2D eigenvalue weighted by molar-refractivity contribution is -0.118. The summed E-state index contributed by atoms with van der Waals surface area (Å²) in [5.74, 6) is -1.15. The van der Waals surface area contributed by atoms with E-state index in [0.29, 0.717) is 5.69 Å². The van der Waals surface area contributed by atoms with Crippen molar-refractivity contribution >= 4 is 23.3 Å². The van der Waals surface area contributed by atoms with Crippen molar-refractivity contribution in [1.29, 1.82) is 0 Å². The highest BCUT2D eigenvalue weighted by atomic mass is 19.1. The van der Waals surface area contributed by atoms with Gasteiger partial charge in [0.2, 0.25) is 5.91 Å². The Morgan fingerprint density at radius 2 is 1.81 bits per heavy atom. The number of carbonyl (C=O) groups excluding carboxylic acids is 2. The van der Waals surface area contributed by atoms with Crippen LogP contribution in [0.15, 0.2) is 36.5 Å². The van der Waals surface area contributed by atoms with Gasteiger partial charge in [0.15, 0.2) is 0 Å². The zero-order chi connectivity index (χ0) is 19.3. The number of nitrogens with one attached hydrogen (secondary N) is 3. The van der Waals surface area contributed by atoms with Crippen LogP contribution in [-0.2, 0) is 4.79 Å². The second kappa shape index (κ2) is 8.42. The number of halogens is 1. The lowest BCUT2D eigenvalue weighted by atomic mass is 10.1. The molecule has 3 amide bonds. The van der Waals surface area contributed by atoms with Crippen LogP contribution in [0.5, 0.6) is 0 Å². The number of anilines is 2. The molecule has 0 radical (unpaired) electrons. The van der Waals surface area contributed by atoms with Crippen LogP contribution in [0, 0.1) is 18.7 Å². The first-order valence-electron chi connectivity index (χ1n) is 8.36. The van der Waals surface area contributed by atoms with Crippen molar-refractivity contribution in [2.75, 3.05) is 10.6 Å². The van der Waals surface area contributed by atoms with Crippen LogP contribution < -0.4 is 16.0 Å². The number of pyridine rings is 1. The van der Waals surface area contributed by atoms with Gasteiger partial charge in [0.25, 0.3) is 0 Å². The van der Waals surface area contributed by atoms with E-state index < -0.39 is 11.8 Å². The van der Waals surface area contributed by atoms with Crippen LogP contribution in [0.3, 0.4) is 0 Å². The molecule has 0 aliphatic heterocycles. The second-order valence-electron chi connectivity index (χ2n) is 6.39. The lowest BCUT2D eigenvalue weighted by Gasteiger charge is -2.16. The van der Waals surface area contributed by atoms with E-state index in [9.17, 15) is 14.0 Å². The van der Waals surface area contributed by atoms with Gasteiger partial charge in [0, 0.05) is 23.5 Å². The molecule has 138 valence electrons. The standard InChI is InChI=1S/C19H23FN4O2/c1-11(2)18(25)24-17-9-15(7-8-16(17)20)23-19(26)22-13(4)14-6-5-12(3)21-10-14/h5-11,13H,1-4H3,(H,24,25)(H2,22,23,26). The number of rotatable bonds is 5. The predicted octanol–water partition coefficient (Wildman–Crippen LogP) is 4.01. The Labute approximate surface area is 152 Å². The summed E-state index contributed by atoms with van der Waals surface area (Å²) in [4.78, 5) is 28.1. The van der Waals surface area contributed by atoms with E-state index in [1.54, 1.807) is 20.0 Å². The molecular formula is C19H23FN4O2. The maximum atomic E-state index is 13.8. The summed E-state index contributed by atoms with van der Waals surface area (Å²) in [6, 6.07) is 7.08. The molecule has 3 N–H and O–H groups in total. The fourth-order valence-electron chi connectivity index (χ4n) is 2.16. The van der Waals surface area contributed by atoms with Crippen molar-refractivity contribution in [2.24, 2.45) is 5.92 Å². The molecule has 0 bridgehead atoms. The first-order chi connectivity index (χ1) is 12.3. The average Bonchev–Trinajstić information content (AvgIpc) is 2.58. The van der Waals surface area contributed by atoms with Crippen molar-refractivity contribution < 1.29 is 14.0 Å². The minimum absolute atomic E-state index is 0.0253. The summed E-state index contributed by atoms with van der Waals surface area (Å²) in [5.41, 5.74) is 2.16. The summed E-state index contributed by atoms with van der Waals surface area (Å²) in [6.45, 7) is 7.15. The third kappa shape index (κ3) is 5.27. The van der Waals surface area contributed by atoms with Crippen molar-refractivity contribution in [3.8, 4) is 0 Å². The number of hydrogen-bond acceptors (Lipinski definition) is 3. The number of benzene rings is 1. The van der Waals surface area contributed by atoms with E-state index in [1.807, 2.05) is 26.0 Å². The first-order valence-corrected chi connectivity index (χ1v) is 8.36. The topological polar surface area (TPSA) is 83.1 Å². The van der Waals surface area contributed by atoms with E-state index in [4.69, 9.17) is 0 Å². The molecule has 0 saturated heterocycles. The fourth-order valence-corrected chi connectivity index (χ4v) is 2.16. The van der Waals surface area contributed by atoms with Gasteiger partial charge in [-0.25, -0.2) is 9.18 Å². The van der Waals surface area contributed by atoms with Gasteiger partial charge in [-0.1, -0.05) is 19.9 Å². The maximum absolute atomic E-state index is 13.8. The van der Waals surface area contributed by atoms with Crippen LogP contribution in [0.1, 0.15) is 38.1 Å². The molecule has 1 unspecified atom stereocenters. The predicted molar refractivity (Wildman–Crippen MR) is 99.4 cm³/mol. The molecular weight excluding hydrogens is 335 g/mol. The zero-order valence-electron chi connectivity index (χ0n) is 15.3. The zero-order valence-corrected chi connectivity index (χ0v) is 15.3. The average molecular weight is 358 g/mol. The maximum Gasteiger partial charge on any atom is 0.319 e.